The molecule has 0 bridgehead atoms. The average molecular weight is 363 g/mol. The Morgan fingerprint density at radius 1 is 1.33 bits per heavy atom. The zero-order chi connectivity index (χ0) is 19.0. The first-order valence-electron chi connectivity index (χ1n) is 9.21. The first-order valence-corrected chi connectivity index (χ1v) is 9.21. The Hall–Kier alpha value is -3.22. The van der Waals surface area contributed by atoms with E-state index in [1.54, 1.807) is 0 Å². The van der Waals surface area contributed by atoms with Gasteiger partial charge in [-0.1, -0.05) is 12.1 Å². The average Bonchev–Trinajstić information content (AvgIpc) is 3.22. The molecule has 7 heteroatoms. The Bertz CT molecular complexity index is 989. The maximum Gasteiger partial charge on any atom is 0.185 e. The highest BCUT2D eigenvalue weighted by Crippen LogP contribution is 2.33. The molecule has 140 valence electrons. The van der Waals surface area contributed by atoms with E-state index < -0.39 is 0 Å². The van der Waals surface area contributed by atoms with Gasteiger partial charge in [0.15, 0.2) is 11.8 Å². The summed E-state index contributed by atoms with van der Waals surface area (Å²) in [7, 11) is 0. The number of fused-ring (bicyclic) bond motifs is 2. The first-order chi connectivity index (χ1) is 13.0. The lowest BCUT2D eigenvalue weighted by Gasteiger charge is -2.29. The molecule has 1 aromatic heterocycles. The highest BCUT2D eigenvalue weighted by molar-refractivity contribution is 5.93. The second-order valence-corrected chi connectivity index (χ2v) is 7.06. The number of guanidine groups is 1. The summed E-state index contributed by atoms with van der Waals surface area (Å²) in [6, 6.07) is 6.71. The molecule has 0 fully saturated rings. The minimum atomic E-state index is 0.132. The van der Waals surface area contributed by atoms with Crippen LogP contribution in [0.2, 0.25) is 0 Å². The van der Waals surface area contributed by atoms with Crippen LogP contribution in [-0.2, 0) is 0 Å². The van der Waals surface area contributed by atoms with Crippen molar-refractivity contribution in [3.8, 4) is 0 Å². The van der Waals surface area contributed by atoms with E-state index in [2.05, 4.69) is 69.6 Å². The third-order valence-corrected chi connectivity index (χ3v) is 4.93. The van der Waals surface area contributed by atoms with E-state index in [0.717, 1.165) is 41.1 Å². The van der Waals surface area contributed by atoms with E-state index in [0.29, 0.717) is 6.54 Å². The number of aliphatic imine (C=N–C) groups is 2. The van der Waals surface area contributed by atoms with E-state index in [-0.39, 0.29) is 12.0 Å². The van der Waals surface area contributed by atoms with Crippen LogP contribution in [-0.4, -0.2) is 34.6 Å². The van der Waals surface area contributed by atoms with Crippen molar-refractivity contribution in [1.29, 1.82) is 0 Å². The quantitative estimate of drug-likeness (QED) is 0.371. The number of hydrogen-bond acceptors (Lipinski definition) is 4. The molecule has 2 aliphatic heterocycles. The molecule has 0 saturated carbocycles. The predicted molar refractivity (Wildman–Crippen MR) is 111 cm³/mol. The molecule has 1 unspecified atom stereocenters. The molecule has 0 amide bonds. The number of H-pyrrole nitrogens is 1. The van der Waals surface area contributed by atoms with Crippen molar-refractivity contribution < 1.29 is 0 Å². The number of nitrogens with two attached hydrogens (primary N) is 2. The Balaban J connectivity index is 1.63. The van der Waals surface area contributed by atoms with Crippen molar-refractivity contribution in [3.05, 3.63) is 53.2 Å². The van der Waals surface area contributed by atoms with Gasteiger partial charge >= 0.3 is 0 Å². The Kier molecular flexibility index (Phi) is 4.35. The Morgan fingerprint density at radius 2 is 2.19 bits per heavy atom. The summed E-state index contributed by atoms with van der Waals surface area (Å²) in [5.41, 5.74) is 16.6. The Labute approximate surface area is 158 Å². The molecule has 2 aromatic rings. The standard InChI is InChI=1S/C20H25N7/c1-12-5-6-14-15(10-24-17(14)8-12)18-11-27-13(2)9-25-19(27)16(26-18)4-3-7-23-20(21)22/h5-6,8-11,13,24,26H,3-4,7H2,1-2H3,(H4,21,22,23). The molecule has 1 atom stereocenters. The normalized spacial score (nSPS) is 18.5. The van der Waals surface area contributed by atoms with E-state index >= 15 is 0 Å². The summed E-state index contributed by atoms with van der Waals surface area (Å²) >= 11 is 0. The largest absolute Gasteiger partial charge is 0.370 e. The summed E-state index contributed by atoms with van der Waals surface area (Å²) in [5, 5.41) is 4.80. The van der Waals surface area contributed by atoms with Gasteiger partial charge < -0.3 is 26.7 Å². The van der Waals surface area contributed by atoms with Gasteiger partial charge in [0.1, 0.15) is 0 Å². The van der Waals surface area contributed by atoms with E-state index in [1.165, 1.54) is 10.9 Å². The zero-order valence-electron chi connectivity index (χ0n) is 15.7. The monoisotopic (exact) mass is 363 g/mol. The molecule has 27 heavy (non-hydrogen) atoms. The highest BCUT2D eigenvalue weighted by Gasteiger charge is 2.28. The van der Waals surface area contributed by atoms with Crippen LogP contribution in [0.25, 0.3) is 16.6 Å². The SMILES string of the molecule is Cc1ccc2c(C3=CN4C(=C(CCCN=C(N)N)N3)N=CC4C)c[nH]c2c1. The molecule has 1 aromatic carbocycles. The van der Waals surface area contributed by atoms with Crippen molar-refractivity contribution in [1.82, 2.24) is 15.2 Å². The second kappa shape index (κ2) is 6.83. The fraction of sp³-hybridized carbons (Fsp3) is 0.300. The lowest BCUT2D eigenvalue weighted by Crippen LogP contribution is -2.31. The number of hydrogen-bond donors (Lipinski definition) is 4. The Morgan fingerprint density at radius 3 is 3.00 bits per heavy atom. The maximum atomic E-state index is 5.42. The van der Waals surface area contributed by atoms with Crippen LogP contribution >= 0.6 is 0 Å². The van der Waals surface area contributed by atoms with Crippen LogP contribution in [0.1, 0.15) is 30.9 Å². The molecule has 0 aliphatic carbocycles. The van der Waals surface area contributed by atoms with E-state index in [1.807, 2.05) is 6.21 Å². The lowest BCUT2D eigenvalue weighted by molar-refractivity contribution is 0.440. The van der Waals surface area contributed by atoms with E-state index in [9.17, 15) is 0 Å². The van der Waals surface area contributed by atoms with Gasteiger partial charge in [-0.15, -0.1) is 0 Å². The molecule has 4 rings (SSSR count). The van der Waals surface area contributed by atoms with Gasteiger partial charge in [0, 0.05) is 41.6 Å². The van der Waals surface area contributed by atoms with Gasteiger partial charge in [0.25, 0.3) is 0 Å². The number of aryl methyl sites for hydroxylation is 1. The molecule has 0 spiro atoms. The molecular weight excluding hydrogens is 338 g/mol. The van der Waals surface area contributed by atoms with Crippen molar-refractivity contribution in [3.63, 3.8) is 0 Å². The van der Waals surface area contributed by atoms with Gasteiger partial charge in [-0.05, 0) is 38.3 Å². The van der Waals surface area contributed by atoms with Crippen molar-refractivity contribution in [2.24, 2.45) is 21.5 Å². The highest BCUT2D eigenvalue weighted by atomic mass is 15.3. The minimum absolute atomic E-state index is 0.132. The van der Waals surface area contributed by atoms with Gasteiger partial charge in [-0.2, -0.15) is 0 Å². The molecule has 0 radical (unpaired) electrons. The lowest BCUT2D eigenvalue weighted by atomic mass is 10.1. The summed E-state index contributed by atoms with van der Waals surface area (Å²) in [6.07, 6.45) is 7.86. The second-order valence-electron chi connectivity index (χ2n) is 7.06. The fourth-order valence-electron chi connectivity index (χ4n) is 3.55. The van der Waals surface area contributed by atoms with Gasteiger partial charge in [-0.25, -0.2) is 4.99 Å². The van der Waals surface area contributed by atoms with Crippen LogP contribution in [0.3, 0.4) is 0 Å². The summed E-state index contributed by atoms with van der Waals surface area (Å²) in [6.45, 7) is 4.85. The van der Waals surface area contributed by atoms with Crippen LogP contribution in [0.5, 0.6) is 0 Å². The number of benzene rings is 1. The summed E-state index contributed by atoms with van der Waals surface area (Å²) in [5.74, 6) is 1.11. The van der Waals surface area contributed by atoms with Crippen molar-refractivity contribution in [2.45, 2.75) is 32.7 Å². The van der Waals surface area contributed by atoms with Crippen LogP contribution in [0, 0.1) is 6.92 Å². The van der Waals surface area contributed by atoms with E-state index in [4.69, 9.17) is 11.5 Å². The third kappa shape index (κ3) is 3.28. The summed E-state index contributed by atoms with van der Waals surface area (Å²) in [4.78, 5) is 14.3. The zero-order valence-corrected chi connectivity index (χ0v) is 15.7. The number of nitrogens with zero attached hydrogens (tertiary/aromatic N) is 3. The van der Waals surface area contributed by atoms with Crippen molar-refractivity contribution in [2.75, 3.05) is 6.54 Å². The topological polar surface area (TPSA) is 108 Å². The number of allylic oxidation sites excluding steroid dienone is 1. The smallest absolute Gasteiger partial charge is 0.185 e. The number of nitrogens with one attached hydrogen (secondary N) is 2. The predicted octanol–water partition coefficient (Wildman–Crippen LogP) is 2.38. The third-order valence-electron chi connectivity index (χ3n) is 4.93. The molecule has 3 heterocycles. The number of aromatic amines is 1. The molecule has 6 N–H and O–H groups in total. The van der Waals surface area contributed by atoms with Gasteiger partial charge in [0.05, 0.1) is 17.4 Å². The first kappa shape index (κ1) is 17.2. The molecular formula is C20H25N7. The van der Waals surface area contributed by atoms with Crippen LogP contribution in [0.4, 0.5) is 0 Å². The number of rotatable bonds is 5. The maximum absolute atomic E-state index is 5.42. The number of aromatic nitrogens is 1. The molecule has 7 nitrogen and oxygen atoms in total. The van der Waals surface area contributed by atoms with Crippen molar-refractivity contribution >= 4 is 28.8 Å². The molecule has 0 saturated heterocycles. The van der Waals surface area contributed by atoms with Crippen LogP contribution < -0.4 is 16.8 Å². The van der Waals surface area contributed by atoms with Crippen LogP contribution in [0.15, 0.2) is 52.1 Å². The molecule has 2 aliphatic rings. The van der Waals surface area contributed by atoms with Gasteiger partial charge in [-0.3, -0.25) is 4.99 Å². The minimum Gasteiger partial charge on any atom is -0.370 e. The summed E-state index contributed by atoms with van der Waals surface area (Å²) < 4.78 is 0. The van der Waals surface area contributed by atoms with Gasteiger partial charge in [0.2, 0.25) is 0 Å². The fourth-order valence-corrected chi connectivity index (χ4v) is 3.55.